The highest BCUT2D eigenvalue weighted by molar-refractivity contribution is 7.13. The van der Waals surface area contributed by atoms with Crippen LogP contribution in [-0.2, 0) is 14.3 Å². The highest BCUT2D eigenvalue weighted by Crippen LogP contribution is 2.37. The van der Waals surface area contributed by atoms with Gasteiger partial charge in [-0.05, 0) is 17.4 Å². The SMILES string of the molecule is CCC#Cc1nc(Cl)c2nc(-c3cccs3)n(C3OCCC3OC(C)=O)c2n1. The average molecular weight is 417 g/mol. The maximum absolute atomic E-state index is 11.6. The summed E-state index contributed by atoms with van der Waals surface area (Å²) in [5.74, 6) is 6.47. The second kappa shape index (κ2) is 7.87. The van der Waals surface area contributed by atoms with E-state index < -0.39 is 12.3 Å². The third-order valence-electron chi connectivity index (χ3n) is 4.20. The molecule has 0 radical (unpaired) electrons. The lowest BCUT2D eigenvalue weighted by Crippen LogP contribution is -2.25. The van der Waals surface area contributed by atoms with Crippen LogP contribution >= 0.6 is 22.9 Å². The predicted octanol–water partition coefficient (Wildman–Crippen LogP) is 3.82. The molecular weight excluding hydrogens is 400 g/mol. The van der Waals surface area contributed by atoms with Gasteiger partial charge in [0.15, 0.2) is 22.9 Å². The van der Waals surface area contributed by atoms with Crippen molar-refractivity contribution in [3.63, 3.8) is 0 Å². The molecule has 1 saturated heterocycles. The topological polar surface area (TPSA) is 79.1 Å². The molecule has 0 aliphatic carbocycles. The molecule has 0 saturated carbocycles. The molecule has 1 aliphatic rings. The molecule has 0 bridgehead atoms. The number of imidazole rings is 1. The predicted molar refractivity (Wildman–Crippen MR) is 106 cm³/mol. The second-order valence-electron chi connectivity index (χ2n) is 6.15. The first-order valence-corrected chi connectivity index (χ1v) is 10.1. The summed E-state index contributed by atoms with van der Waals surface area (Å²) in [7, 11) is 0. The number of carbonyl (C=O) groups is 1. The highest BCUT2D eigenvalue weighted by Gasteiger charge is 2.36. The number of nitrogens with zero attached hydrogens (tertiary/aromatic N) is 4. The summed E-state index contributed by atoms with van der Waals surface area (Å²) in [5, 5.41) is 2.19. The normalized spacial score (nSPS) is 18.8. The minimum atomic E-state index is -0.552. The van der Waals surface area contributed by atoms with Crippen molar-refractivity contribution in [2.24, 2.45) is 0 Å². The Balaban J connectivity index is 1.94. The van der Waals surface area contributed by atoms with Crippen LogP contribution in [0.2, 0.25) is 5.15 Å². The van der Waals surface area contributed by atoms with Crippen molar-refractivity contribution >= 4 is 40.1 Å². The zero-order valence-corrected chi connectivity index (χ0v) is 16.9. The molecule has 4 rings (SSSR count). The average Bonchev–Trinajstić information content (AvgIpc) is 3.38. The molecule has 3 aromatic rings. The lowest BCUT2D eigenvalue weighted by molar-refractivity contribution is -0.151. The van der Waals surface area contributed by atoms with Crippen LogP contribution in [0.5, 0.6) is 0 Å². The molecule has 1 aliphatic heterocycles. The van der Waals surface area contributed by atoms with E-state index in [9.17, 15) is 4.79 Å². The molecular formula is C19H17ClN4O3S. The van der Waals surface area contributed by atoms with E-state index >= 15 is 0 Å². The maximum atomic E-state index is 11.6. The van der Waals surface area contributed by atoms with Crippen molar-refractivity contribution in [2.45, 2.75) is 39.0 Å². The second-order valence-corrected chi connectivity index (χ2v) is 7.45. The van der Waals surface area contributed by atoms with Crippen LogP contribution in [0.4, 0.5) is 0 Å². The van der Waals surface area contributed by atoms with Crippen LogP contribution in [0.3, 0.4) is 0 Å². The molecule has 1 fully saturated rings. The molecule has 9 heteroatoms. The number of hydrogen-bond donors (Lipinski definition) is 0. The Morgan fingerprint density at radius 3 is 3.04 bits per heavy atom. The van der Waals surface area contributed by atoms with Crippen molar-refractivity contribution in [1.29, 1.82) is 0 Å². The fraction of sp³-hybridized carbons (Fsp3) is 0.368. The molecule has 0 aromatic carbocycles. The van der Waals surface area contributed by atoms with Crippen LogP contribution in [0.25, 0.3) is 21.9 Å². The summed E-state index contributed by atoms with van der Waals surface area (Å²) < 4.78 is 13.2. The summed E-state index contributed by atoms with van der Waals surface area (Å²) in [6.07, 6.45) is 0.283. The number of hydrogen-bond acceptors (Lipinski definition) is 7. The number of fused-ring (bicyclic) bond motifs is 1. The summed E-state index contributed by atoms with van der Waals surface area (Å²) in [6.45, 7) is 3.80. The van der Waals surface area contributed by atoms with Gasteiger partial charge < -0.3 is 9.47 Å². The van der Waals surface area contributed by atoms with E-state index in [4.69, 9.17) is 21.1 Å². The molecule has 2 atom stereocenters. The van der Waals surface area contributed by atoms with Gasteiger partial charge in [0, 0.05) is 19.8 Å². The van der Waals surface area contributed by atoms with Crippen LogP contribution < -0.4 is 0 Å². The van der Waals surface area contributed by atoms with E-state index in [1.807, 2.05) is 29.0 Å². The highest BCUT2D eigenvalue weighted by atomic mass is 35.5. The molecule has 144 valence electrons. The van der Waals surface area contributed by atoms with E-state index in [0.717, 1.165) is 4.88 Å². The van der Waals surface area contributed by atoms with Crippen LogP contribution in [0.15, 0.2) is 17.5 Å². The van der Waals surface area contributed by atoms with Crippen LogP contribution in [-0.4, -0.2) is 38.2 Å². The Morgan fingerprint density at radius 2 is 2.32 bits per heavy atom. The quantitative estimate of drug-likeness (QED) is 0.367. The molecule has 7 nitrogen and oxygen atoms in total. The van der Waals surface area contributed by atoms with Gasteiger partial charge in [-0.3, -0.25) is 9.36 Å². The Hall–Kier alpha value is -2.47. The fourth-order valence-electron chi connectivity index (χ4n) is 3.11. The number of esters is 1. The van der Waals surface area contributed by atoms with Gasteiger partial charge >= 0.3 is 5.97 Å². The van der Waals surface area contributed by atoms with Crippen molar-refractivity contribution in [3.8, 4) is 22.5 Å². The number of rotatable bonds is 3. The van der Waals surface area contributed by atoms with Gasteiger partial charge in [0.05, 0.1) is 11.5 Å². The van der Waals surface area contributed by atoms with Crippen molar-refractivity contribution in [1.82, 2.24) is 19.5 Å². The number of halogens is 1. The summed E-state index contributed by atoms with van der Waals surface area (Å²) in [5.41, 5.74) is 0.969. The minimum absolute atomic E-state index is 0.226. The Bertz CT molecular complexity index is 1080. The summed E-state index contributed by atoms with van der Waals surface area (Å²) in [6, 6.07) is 3.89. The first kappa shape index (κ1) is 18.9. The van der Waals surface area contributed by atoms with Gasteiger partial charge in [-0.15, -0.1) is 11.3 Å². The number of ether oxygens (including phenoxy) is 2. The van der Waals surface area contributed by atoms with E-state index in [1.54, 1.807) is 0 Å². The fourth-order valence-corrected chi connectivity index (χ4v) is 4.03. The summed E-state index contributed by atoms with van der Waals surface area (Å²) in [4.78, 5) is 26.0. The largest absolute Gasteiger partial charge is 0.458 e. The standard InChI is InChI=1S/C19H17ClN4O3S/c1-3-4-7-14-21-16(20)15-18(22-14)24(17(23-15)13-6-5-10-28-13)19-12(8-9-26-19)27-11(2)25/h5-6,10,12,19H,3,8-9H2,1-2H3. The number of carbonyl (C=O) groups excluding carboxylic acids is 1. The Kier molecular flexibility index (Phi) is 5.31. The molecule has 2 unspecified atom stereocenters. The van der Waals surface area contributed by atoms with E-state index in [1.165, 1.54) is 18.3 Å². The van der Waals surface area contributed by atoms with Crippen molar-refractivity contribution in [3.05, 3.63) is 28.5 Å². The molecule has 0 N–H and O–H groups in total. The van der Waals surface area contributed by atoms with Gasteiger partial charge in [0.1, 0.15) is 11.6 Å². The molecule has 4 heterocycles. The zero-order chi connectivity index (χ0) is 19.7. The lowest BCUT2D eigenvalue weighted by atomic mass is 10.2. The third kappa shape index (κ3) is 3.49. The zero-order valence-electron chi connectivity index (χ0n) is 15.3. The summed E-state index contributed by atoms with van der Waals surface area (Å²) >= 11 is 7.94. The lowest BCUT2D eigenvalue weighted by Gasteiger charge is -2.21. The van der Waals surface area contributed by atoms with Gasteiger partial charge in [0.25, 0.3) is 0 Å². The Labute approximate surface area is 170 Å². The first-order chi connectivity index (χ1) is 13.6. The van der Waals surface area contributed by atoms with Crippen LogP contribution in [0.1, 0.15) is 38.7 Å². The number of thiophene rings is 1. The molecule has 0 amide bonds. The van der Waals surface area contributed by atoms with E-state index in [-0.39, 0.29) is 11.1 Å². The molecule has 0 spiro atoms. The maximum Gasteiger partial charge on any atom is 0.303 e. The van der Waals surface area contributed by atoms with Crippen molar-refractivity contribution in [2.75, 3.05) is 6.61 Å². The minimum Gasteiger partial charge on any atom is -0.458 e. The molecule has 28 heavy (non-hydrogen) atoms. The van der Waals surface area contributed by atoms with Gasteiger partial charge in [0.2, 0.25) is 5.82 Å². The smallest absolute Gasteiger partial charge is 0.303 e. The van der Waals surface area contributed by atoms with Gasteiger partial charge in [-0.1, -0.05) is 30.5 Å². The first-order valence-electron chi connectivity index (χ1n) is 8.85. The van der Waals surface area contributed by atoms with E-state index in [0.29, 0.717) is 42.3 Å². The van der Waals surface area contributed by atoms with Gasteiger partial charge in [-0.25, -0.2) is 15.0 Å². The molecule has 3 aromatic heterocycles. The Morgan fingerprint density at radius 1 is 1.46 bits per heavy atom. The van der Waals surface area contributed by atoms with E-state index in [2.05, 4.69) is 26.8 Å². The third-order valence-corrected chi connectivity index (χ3v) is 5.33. The number of aromatic nitrogens is 4. The van der Waals surface area contributed by atoms with Gasteiger partial charge in [-0.2, -0.15) is 0 Å². The van der Waals surface area contributed by atoms with Crippen molar-refractivity contribution < 1.29 is 14.3 Å². The van der Waals surface area contributed by atoms with Crippen LogP contribution in [0, 0.1) is 11.8 Å². The monoisotopic (exact) mass is 416 g/mol.